The number of aliphatic carboxylic acids is 1. The second-order valence-corrected chi connectivity index (χ2v) is 6.40. The van der Waals surface area contributed by atoms with Crippen LogP contribution in [-0.2, 0) is 11.2 Å². The number of hydrogen-bond acceptors (Lipinski definition) is 3. The minimum atomic E-state index is -0.647. The summed E-state index contributed by atoms with van der Waals surface area (Å²) in [7, 11) is 0. The maximum Gasteiger partial charge on any atom is 0.303 e. The molecule has 2 aliphatic heterocycles. The van der Waals surface area contributed by atoms with Crippen LogP contribution >= 0.6 is 0 Å². The summed E-state index contributed by atoms with van der Waals surface area (Å²) >= 11 is 0. The van der Waals surface area contributed by atoms with Crippen molar-refractivity contribution >= 4 is 5.97 Å². The Bertz CT molecular complexity index is 442. The lowest BCUT2D eigenvalue weighted by atomic mass is 9.87. The van der Waals surface area contributed by atoms with E-state index in [1.54, 1.807) is 6.26 Å². The minimum absolute atomic E-state index is 0.341. The fraction of sp³-hybridized carbons (Fsp3) is 0.688. The van der Waals surface area contributed by atoms with Gasteiger partial charge in [0.25, 0.3) is 0 Å². The summed E-state index contributed by atoms with van der Waals surface area (Å²) in [5, 5.41) is 8.98. The zero-order chi connectivity index (χ0) is 14.1. The van der Waals surface area contributed by atoms with E-state index in [1.165, 1.54) is 12.8 Å². The van der Waals surface area contributed by atoms with Gasteiger partial charge in [0.1, 0.15) is 5.76 Å². The number of nitrogens with zero attached hydrogens (tertiary/aromatic N) is 1. The molecular weight excluding hydrogens is 254 g/mol. The first-order valence-electron chi connectivity index (χ1n) is 7.65. The molecule has 3 heterocycles. The predicted octanol–water partition coefficient (Wildman–Crippen LogP) is 2.93. The average molecular weight is 277 g/mol. The molecular formula is C16H23NO3. The number of carboxylic acid groups (broad SMARTS) is 1. The van der Waals surface area contributed by atoms with Crippen LogP contribution in [0.15, 0.2) is 22.8 Å². The summed E-state index contributed by atoms with van der Waals surface area (Å²) in [4.78, 5) is 13.5. The Kier molecular flexibility index (Phi) is 3.83. The van der Waals surface area contributed by atoms with E-state index in [9.17, 15) is 4.79 Å². The predicted molar refractivity (Wildman–Crippen MR) is 75.5 cm³/mol. The first-order chi connectivity index (χ1) is 9.63. The van der Waals surface area contributed by atoms with Crippen molar-refractivity contribution in [2.75, 3.05) is 0 Å². The molecule has 2 bridgehead atoms. The molecule has 2 aliphatic rings. The molecule has 1 N–H and O–H groups in total. The van der Waals surface area contributed by atoms with Crippen molar-refractivity contribution in [1.82, 2.24) is 4.90 Å². The monoisotopic (exact) mass is 277 g/mol. The van der Waals surface area contributed by atoms with Gasteiger partial charge >= 0.3 is 5.97 Å². The Morgan fingerprint density at radius 2 is 2.15 bits per heavy atom. The van der Waals surface area contributed by atoms with Crippen LogP contribution in [0, 0.1) is 5.92 Å². The van der Waals surface area contributed by atoms with Crippen LogP contribution in [0.4, 0.5) is 0 Å². The SMILES string of the molecule is CC(Cc1ccco1)N1C2CCC1CC(CC(=O)O)C2. The second-order valence-electron chi connectivity index (χ2n) is 6.40. The maximum atomic E-state index is 10.9. The quantitative estimate of drug-likeness (QED) is 0.899. The van der Waals surface area contributed by atoms with Crippen molar-refractivity contribution in [3.05, 3.63) is 24.2 Å². The Labute approximate surface area is 119 Å². The number of fused-ring (bicyclic) bond motifs is 2. The molecule has 110 valence electrons. The summed E-state index contributed by atoms with van der Waals surface area (Å²) < 4.78 is 5.46. The zero-order valence-corrected chi connectivity index (χ0v) is 12.0. The standard InChI is InChI=1S/C16H23NO3/c1-11(7-15-3-2-6-20-15)17-13-4-5-14(17)9-12(8-13)10-16(18)19/h2-3,6,11-14H,4-5,7-10H2,1H3,(H,18,19). The topological polar surface area (TPSA) is 53.7 Å². The van der Waals surface area contributed by atoms with Gasteiger partial charge in [-0.25, -0.2) is 0 Å². The summed E-state index contributed by atoms with van der Waals surface area (Å²) in [6.45, 7) is 2.27. The first-order valence-corrected chi connectivity index (χ1v) is 7.65. The van der Waals surface area contributed by atoms with E-state index >= 15 is 0 Å². The highest BCUT2D eigenvalue weighted by Crippen LogP contribution is 2.41. The third-order valence-corrected chi connectivity index (χ3v) is 4.94. The third kappa shape index (κ3) is 2.75. The van der Waals surface area contributed by atoms with Gasteiger partial charge in [0, 0.05) is 31.0 Å². The van der Waals surface area contributed by atoms with Gasteiger partial charge in [-0.3, -0.25) is 9.69 Å². The van der Waals surface area contributed by atoms with Crippen molar-refractivity contribution < 1.29 is 14.3 Å². The van der Waals surface area contributed by atoms with Gasteiger partial charge in [0.2, 0.25) is 0 Å². The molecule has 4 nitrogen and oxygen atoms in total. The average Bonchev–Trinajstić information content (AvgIpc) is 2.95. The summed E-state index contributed by atoms with van der Waals surface area (Å²) in [6.07, 6.45) is 7.57. The number of furan rings is 1. The Morgan fingerprint density at radius 3 is 2.70 bits per heavy atom. The van der Waals surface area contributed by atoms with Gasteiger partial charge in [-0.2, -0.15) is 0 Å². The lowest BCUT2D eigenvalue weighted by Crippen LogP contribution is -2.48. The normalized spacial score (nSPS) is 31.4. The van der Waals surface area contributed by atoms with Gasteiger partial charge < -0.3 is 9.52 Å². The molecule has 0 aromatic carbocycles. The van der Waals surface area contributed by atoms with Crippen molar-refractivity contribution in [1.29, 1.82) is 0 Å². The Hall–Kier alpha value is -1.29. The highest BCUT2D eigenvalue weighted by Gasteiger charge is 2.43. The second kappa shape index (κ2) is 5.60. The number of carboxylic acids is 1. The van der Waals surface area contributed by atoms with Crippen LogP contribution in [0.25, 0.3) is 0 Å². The van der Waals surface area contributed by atoms with Gasteiger partial charge in [-0.15, -0.1) is 0 Å². The zero-order valence-electron chi connectivity index (χ0n) is 12.0. The molecule has 0 amide bonds. The van der Waals surface area contributed by atoms with Gasteiger partial charge in [0.05, 0.1) is 6.26 Å². The molecule has 2 fully saturated rings. The van der Waals surface area contributed by atoms with E-state index in [0.29, 0.717) is 30.5 Å². The summed E-state index contributed by atoms with van der Waals surface area (Å²) in [6, 6.07) is 5.60. The fourth-order valence-electron chi connectivity index (χ4n) is 4.28. The van der Waals surface area contributed by atoms with Gasteiger partial charge in [0.15, 0.2) is 0 Å². The van der Waals surface area contributed by atoms with Crippen LogP contribution in [-0.4, -0.2) is 34.1 Å². The maximum absolute atomic E-state index is 10.9. The molecule has 0 radical (unpaired) electrons. The van der Waals surface area contributed by atoms with Crippen molar-refractivity contribution in [2.45, 2.75) is 63.6 Å². The summed E-state index contributed by atoms with van der Waals surface area (Å²) in [5.74, 6) is 0.771. The van der Waals surface area contributed by atoms with E-state index in [1.807, 2.05) is 12.1 Å². The van der Waals surface area contributed by atoms with Gasteiger partial charge in [-0.05, 0) is 50.7 Å². The lowest BCUT2D eigenvalue weighted by molar-refractivity contribution is -0.138. The number of rotatable bonds is 5. The lowest BCUT2D eigenvalue weighted by Gasteiger charge is -2.42. The van der Waals surface area contributed by atoms with Crippen LogP contribution in [0.3, 0.4) is 0 Å². The molecule has 0 spiro atoms. The van der Waals surface area contributed by atoms with Crippen LogP contribution < -0.4 is 0 Å². The third-order valence-electron chi connectivity index (χ3n) is 4.94. The highest BCUT2D eigenvalue weighted by atomic mass is 16.4. The molecule has 2 saturated heterocycles. The Morgan fingerprint density at radius 1 is 1.45 bits per heavy atom. The van der Waals surface area contributed by atoms with Crippen LogP contribution in [0.5, 0.6) is 0 Å². The van der Waals surface area contributed by atoms with Crippen molar-refractivity contribution in [3.8, 4) is 0 Å². The van der Waals surface area contributed by atoms with E-state index in [4.69, 9.17) is 9.52 Å². The smallest absolute Gasteiger partial charge is 0.303 e. The molecule has 3 rings (SSSR count). The summed E-state index contributed by atoms with van der Waals surface area (Å²) in [5.41, 5.74) is 0. The highest BCUT2D eigenvalue weighted by molar-refractivity contribution is 5.67. The van der Waals surface area contributed by atoms with Crippen LogP contribution in [0.1, 0.15) is 44.8 Å². The molecule has 0 aliphatic carbocycles. The molecule has 0 saturated carbocycles. The Balaban J connectivity index is 1.63. The largest absolute Gasteiger partial charge is 0.481 e. The molecule has 3 atom stereocenters. The van der Waals surface area contributed by atoms with E-state index < -0.39 is 5.97 Å². The van der Waals surface area contributed by atoms with Crippen molar-refractivity contribution in [2.24, 2.45) is 5.92 Å². The number of piperidine rings is 1. The molecule has 1 aromatic heterocycles. The van der Waals surface area contributed by atoms with Gasteiger partial charge in [-0.1, -0.05) is 0 Å². The van der Waals surface area contributed by atoms with E-state index in [0.717, 1.165) is 25.0 Å². The minimum Gasteiger partial charge on any atom is -0.481 e. The molecule has 1 aromatic rings. The molecule has 4 heteroatoms. The van der Waals surface area contributed by atoms with Crippen LogP contribution in [0.2, 0.25) is 0 Å². The first kappa shape index (κ1) is 13.7. The molecule has 20 heavy (non-hydrogen) atoms. The van der Waals surface area contributed by atoms with E-state index in [-0.39, 0.29) is 0 Å². The molecule has 3 unspecified atom stereocenters. The van der Waals surface area contributed by atoms with Crippen molar-refractivity contribution in [3.63, 3.8) is 0 Å². The fourth-order valence-corrected chi connectivity index (χ4v) is 4.28. The van der Waals surface area contributed by atoms with E-state index in [2.05, 4.69) is 11.8 Å². The number of hydrogen-bond donors (Lipinski definition) is 1. The number of carbonyl (C=O) groups is 1.